The number of likely N-dealkylation sites (tertiary alicyclic amines) is 1. The smallest absolute Gasteiger partial charge is 0.232 e. The van der Waals surface area contributed by atoms with Crippen molar-refractivity contribution >= 4 is 35.9 Å². The Balaban J connectivity index is 0.00000220. The zero-order chi connectivity index (χ0) is 14.4. The van der Waals surface area contributed by atoms with Crippen LogP contribution in [0.3, 0.4) is 0 Å². The first-order chi connectivity index (χ1) is 9.70. The number of nitrogens with zero attached hydrogens (tertiary/aromatic N) is 1. The summed E-state index contributed by atoms with van der Waals surface area (Å²) >= 11 is 1.39. The van der Waals surface area contributed by atoms with Gasteiger partial charge in [0.25, 0.3) is 0 Å². The number of Topliss-reactive ketones (excluding diaryl/α,β-unsaturated/α-hetero) is 1. The summed E-state index contributed by atoms with van der Waals surface area (Å²) in [6.07, 6.45) is 0.996. The van der Waals surface area contributed by atoms with Gasteiger partial charge in [-0.25, -0.2) is 0 Å². The number of ketones is 1. The molecule has 1 saturated heterocycles. The SMILES string of the molecule is Cl.NCC1CCN(C(=O)CSCC(=O)c2ccccc2)C1. The number of thioether (sulfide) groups is 1. The summed E-state index contributed by atoms with van der Waals surface area (Å²) in [5.74, 6) is 1.35. The lowest BCUT2D eigenvalue weighted by atomic mass is 10.1. The van der Waals surface area contributed by atoms with Crippen LogP contribution in [0.1, 0.15) is 16.8 Å². The average molecular weight is 329 g/mol. The summed E-state index contributed by atoms with van der Waals surface area (Å²) in [6.45, 7) is 2.21. The van der Waals surface area contributed by atoms with Gasteiger partial charge in [0.1, 0.15) is 0 Å². The van der Waals surface area contributed by atoms with Gasteiger partial charge in [0.2, 0.25) is 5.91 Å². The molecule has 4 nitrogen and oxygen atoms in total. The van der Waals surface area contributed by atoms with E-state index in [4.69, 9.17) is 5.73 Å². The largest absolute Gasteiger partial charge is 0.342 e. The molecular weight excluding hydrogens is 308 g/mol. The standard InChI is InChI=1S/C15H20N2O2S.ClH/c16-8-12-6-7-17(9-12)15(19)11-20-10-14(18)13-4-2-1-3-5-13;/h1-5,12H,6-11,16H2;1H. The molecule has 1 amide bonds. The number of benzene rings is 1. The molecule has 116 valence electrons. The third kappa shape index (κ3) is 5.34. The molecular formula is C15H21ClN2O2S. The van der Waals surface area contributed by atoms with Crippen LogP contribution in [-0.2, 0) is 4.79 Å². The van der Waals surface area contributed by atoms with E-state index in [1.807, 2.05) is 23.1 Å². The molecule has 0 spiro atoms. The number of halogens is 1. The molecule has 1 heterocycles. The van der Waals surface area contributed by atoms with Gasteiger partial charge >= 0.3 is 0 Å². The number of amides is 1. The second-order valence-electron chi connectivity index (χ2n) is 5.01. The van der Waals surface area contributed by atoms with E-state index in [1.165, 1.54) is 11.8 Å². The van der Waals surface area contributed by atoms with Crippen LogP contribution in [-0.4, -0.2) is 47.7 Å². The lowest BCUT2D eigenvalue weighted by Crippen LogP contribution is -2.31. The highest BCUT2D eigenvalue weighted by Gasteiger charge is 2.24. The number of rotatable bonds is 6. The number of hydrogen-bond donors (Lipinski definition) is 1. The lowest BCUT2D eigenvalue weighted by molar-refractivity contribution is -0.127. The Morgan fingerprint density at radius 2 is 1.95 bits per heavy atom. The molecule has 0 bridgehead atoms. The van der Waals surface area contributed by atoms with Crippen molar-refractivity contribution in [3.05, 3.63) is 35.9 Å². The third-order valence-corrected chi connectivity index (χ3v) is 4.44. The molecule has 21 heavy (non-hydrogen) atoms. The third-order valence-electron chi connectivity index (χ3n) is 3.53. The first-order valence-corrected chi connectivity index (χ1v) is 8.00. The van der Waals surface area contributed by atoms with Crippen molar-refractivity contribution in [3.63, 3.8) is 0 Å². The molecule has 0 aliphatic carbocycles. The van der Waals surface area contributed by atoms with E-state index >= 15 is 0 Å². The number of carbonyl (C=O) groups excluding carboxylic acids is 2. The van der Waals surface area contributed by atoms with Gasteiger partial charge in [-0.15, -0.1) is 24.2 Å². The van der Waals surface area contributed by atoms with Crippen molar-refractivity contribution in [1.82, 2.24) is 4.90 Å². The molecule has 1 atom stereocenters. The lowest BCUT2D eigenvalue weighted by Gasteiger charge is -2.15. The van der Waals surface area contributed by atoms with Crippen molar-refractivity contribution in [2.75, 3.05) is 31.1 Å². The van der Waals surface area contributed by atoms with Gasteiger partial charge in [-0.05, 0) is 18.9 Å². The molecule has 1 unspecified atom stereocenters. The van der Waals surface area contributed by atoms with Gasteiger partial charge in [0, 0.05) is 18.7 Å². The van der Waals surface area contributed by atoms with Gasteiger partial charge in [0.15, 0.2) is 5.78 Å². The van der Waals surface area contributed by atoms with Crippen LogP contribution in [0.2, 0.25) is 0 Å². The molecule has 6 heteroatoms. The fourth-order valence-electron chi connectivity index (χ4n) is 2.28. The topological polar surface area (TPSA) is 63.4 Å². The van der Waals surface area contributed by atoms with Gasteiger partial charge in [0.05, 0.1) is 11.5 Å². The molecule has 0 aromatic heterocycles. The van der Waals surface area contributed by atoms with E-state index in [-0.39, 0.29) is 24.1 Å². The van der Waals surface area contributed by atoms with Crippen LogP contribution in [0.15, 0.2) is 30.3 Å². The highest BCUT2D eigenvalue weighted by molar-refractivity contribution is 8.00. The van der Waals surface area contributed by atoms with Gasteiger partial charge in [-0.1, -0.05) is 30.3 Å². The number of nitrogens with two attached hydrogens (primary N) is 1. The summed E-state index contributed by atoms with van der Waals surface area (Å²) in [7, 11) is 0. The Kier molecular flexibility index (Phi) is 7.78. The van der Waals surface area contributed by atoms with Crippen molar-refractivity contribution in [2.45, 2.75) is 6.42 Å². The summed E-state index contributed by atoms with van der Waals surface area (Å²) in [5.41, 5.74) is 6.32. The fourth-order valence-corrected chi connectivity index (χ4v) is 3.09. The monoisotopic (exact) mass is 328 g/mol. The summed E-state index contributed by atoms with van der Waals surface area (Å²) in [5, 5.41) is 0. The van der Waals surface area contributed by atoms with Gasteiger partial charge in [-0.3, -0.25) is 9.59 Å². The van der Waals surface area contributed by atoms with Crippen molar-refractivity contribution < 1.29 is 9.59 Å². The van der Waals surface area contributed by atoms with Crippen LogP contribution < -0.4 is 5.73 Å². The summed E-state index contributed by atoms with van der Waals surface area (Å²) in [4.78, 5) is 25.7. The Morgan fingerprint density at radius 3 is 2.57 bits per heavy atom. The summed E-state index contributed by atoms with van der Waals surface area (Å²) in [6, 6.07) is 9.18. The first kappa shape index (κ1) is 18.0. The van der Waals surface area contributed by atoms with E-state index < -0.39 is 0 Å². The Morgan fingerprint density at radius 1 is 1.24 bits per heavy atom. The van der Waals surface area contributed by atoms with E-state index in [0.29, 0.717) is 29.5 Å². The second-order valence-corrected chi connectivity index (χ2v) is 6.00. The first-order valence-electron chi connectivity index (χ1n) is 6.84. The number of carbonyl (C=O) groups is 2. The van der Waals surface area contributed by atoms with Gasteiger partial charge in [-0.2, -0.15) is 0 Å². The maximum absolute atomic E-state index is 12.0. The van der Waals surface area contributed by atoms with E-state index in [2.05, 4.69) is 0 Å². The maximum atomic E-state index is 12.0. The molecule has 1 aromatic carbocycles. The molecule has 2 rings (SSSR count). The molecule has 1 aliphatic heterocycles. The fraction of sp³-hybridized carbons (Fsp3) is 0.467. The quantitative estimate of drug-likeness (QED) is 0.809. The minimum Gasteiger partial charge on any atom is -0.342 e. The Labute approximate surface area is 135 Å². The molecule has 1 fully saturated rings. The highest BCUT2D eigenvalue weighted by Crippen LogP contribution is 2.16. The van der Waals surface area contributed by atoms with Crippen molar-refractivity contribution in [2.24, 2.45) is 11.7 Å². The van der Waals surface area contributed by atoms with Crippen LogP contribution in [0, 0.1) is 5.92 Å². The van der Waals surface area contributed by atoms with Crippen LogP contribution in [0.5, 0.6) is 0 Å². The second kappa shape index (κ2) is 9.07. The van der Waals surface area contributed by atoms with E-state index in [1.54, 1.807) is 12.1 Å². The molecule has 0 saturated carbocycles. The van der Waals surface area contributed by atoms with E-state index in [9.17, 15) is 9.59 Å². The van der Waals surface area contributed by atoms with Gasteiger partial charge < -0.3 is 10.6 Å². The maximum Gasteiger partial charge on any atom is 0.232 e. The zero-order valence-corrected chi connectivity index (χ0v) is 13.5. The van der Waals surface area contributed by atoms with E-state index in [0.717, 1.165) is 19.5 Å². The Bertz CT molecular complexity index is 470. The average Bonchev–Trinajstić information content (AvgIpc) is 2.97. The predicted octanol–water partition coefficient (Wildman–Crippen LogP) is 1.83. The van der Waals surface area contributed by atoms with Crippen LogP contribution >= 0.6 is 24.2 Å². The molecule has 2 N–H and O–H groups in total. The minimum atomic E-state index is 0. The summed E-state index contributed by atoms with van der Waals surface area (Å²) < 4.78 is 0. The minimum absolute atomic E-state index is 0. The van der Waals surface area contributed by atoms with Crippen molar-refractivity contribution in [3.8, 4) is 0 Å². The normalized spacial score (nSPS) is 17.4. The highest BCUT2D eigenvalue weighted by atomic mass is 35.5. The van der Waals surface area contributed by atoms with Crippen LogP contribution in [0.4, 0.5) is 0 Å². The van der Waals surface area contributed by atoms with Crippen LogP contribution in [0.25, 0.3) is 0 Å². The number of hydrogen-bond acceptors (Lipinski definition) is 4. The Hall–Kier alpha value is -1.04. The molecule has 1 aromatic rings. The predicted molar refractivity (Wildman–Crippen MR) is 89.1 cm³/mol. The molecule has 0 radical (unpaired) electrons. The zero-order valence-electron chi connectivity index (χ0n) is 11.9. The van der Waals surface area contributed by atoms with Crippen molar-refractivity contribution in [1.29, 1.82) is 0 Å². The molecule has 1 aliphatic rings.